The Morgan fingerprint density at radius 2 is 2.00 bits per heavy atom. The van der Waals surface area contributed by atoms with Gasteiger partial charge in [0, 0.05) is 13.0 Å². The first-order valence-corrected chi connectivity index (χ1v) is 8.38. The molecule has 0 spiro atoms. The van der Waals surface area contributed by atoms with Crippen molar-refractivity contribution in [3.8, 4) is 0 Å². The average molecular weight is 307 g/mol. The highest BCUT2D eigenvalue weighted by molar-refractivity contribution is 7.85. The summed E-state index contributed by atoms with van der Waals surface area (Å²) in [5.74, 6) is 1.11. The van der Waals surface area contributed by atoms with E-state index in [1.807, 2.05) is 18.5 Å². The van der Waals surface area contributed by atoms with Gasteiger partial charge in [-0.15, -0.1) is 10.2 Å². The molecule has 6 heteroatoms. The molecule has 1 heterocycles. The molecule has 0 saturated heterocycles. The zero-order chi connectivity index (χ0) is 15.0. The van der Waals surface area contributed by atoms with Gasteiger partial charge >= 0.3 is 0 Å². The van der Waals surface area contributed by atoms with Crippen molar-refractivity contribution in [3.63, 3.8) is 0 Å². The van der Waals surface area contributed by atoms with Gasteiger partial charge in [-0.05, 0) is 37.0 Å². The minimum atomic E-state index is -1.29. The normalized spacial score (nSPS) is 17.7. The van der Waals surface area contributed by atoms with E-state index in [1.54, 1.807) is 12.1 Å². The van der Waals surface area contributed by atoms with Crippen LogP contribution in [0.2, 0.25) is 0 Å². The largest absolute Gasteiger partial charge is 0.307 e. The highest BCUT2D eigenvalue weighted by Gasteiger charge is 2.31. The summed E-state index contributed by atoms with van der Waals surface area (Å²) >= 11 is 0. The van der Waals surface area contributed by atoms with Crippen molar-refractivity contribution in [2.75, 3.05) is 0 Å². The second-order valence-electron chi connectivity index (χ2n) is 5.42. The van der Waals surface area contributed by atoms with E-state index >= 15 is 0 Å². The van der Waals surface area contributed by atoms with Gasteiger partial charge in [0.25, 0.3) is 0 Å². The van der Waals surface area contributed by atoms with E-state index in [-0.39, 0.29) is 11.1 Å². The van der Waals surface area contributed by atoms with Crippen molar-refractivity contribution in [1.29, 1.82) is 0 Å². The minimum absolute atomic E-state index is 0.194. The fraction of sp³-hybridized carbons (Fsp3) is 0.467. The molecular formula is C15H18FN3OS. The van der Waals surface area contributed by atoms with Crippen molar-refractivity contribution >= 4 is 10.8 Å². The first-order chi connectivity index (χ1) is 10.1. The van der Waals surface area contributed by atoms with Crippen molar-refractivity contribution in [2.45, 2.75) is 42.5 Å². The van der Waals surface area contributed by atoms with Gasteiger partial charge in [-0.1, -0.05) is 19.1 Å². The molecule has 112 valence electrons. The number of rotatable bonds is 5. The number of benzene rings is 1. The number of halogens is 1. The summed E-state index contributed by atoms with van der Waals surface area (Å²) in [5.41, 5.74) is 0.869. The Hall–Kier alpha value is -1.56. The predicted molar refractivity (Wildman–Crippen MR) is 78.8 cm³/mol. The first-order valence-electron chi connectivity index (χ1n) is 7.17. The Labute approximate surface area is 125 Å². The Balaban J connectivity index is 1.90. The zero-order valence-electron chi connectivity index (χ0n) is 12.1. The standard InChI is InChI=1S/C15H18FN3OS/c1-3-13(10-6-8-12(16)9-7-10)21(20)15-18-17-14(19(15)2)11-4-5-11/h6-9,11,13H,3-5H2,1-2H3/t13-,21+/m1/s1. The summed E-state index contributed by atoms with van der Waals surface area (Å²) in [5, 5.41) is 8.62. The van der Waals surface area contributed by atoms with Gasteiger partial charge in [0.05, 0.1) is 16.0 Å². The van der Waals surface area contributed by atoms with Crippen LogP contribution in [0.4, 0.5) is 4.39 Å². The van der Waals surface area contributed by atoms with E-state index in [4.69, 9.17) is 0 Å². The second kappa shape index (κ2) is 5.67. The SMILES string of the molecule is CC[C@H](c1ccc(F)cc1)[S@](=O)c1nnc(C2CC2)n1C. The summed E-state index contributed by atoms with van der Waals surface area (Å²) in [4.78, 5) is 0. The highest BCUT2D eigenvalue weighted by atomic mass is 32.2. The fourth-order valence-corrected chi connectivity index (χ4v) is 3.96. The van der Waals surface area contributed by atoms with Crippen molar-refractivity contribution in [1.82, 2.24) is 14.8 Å². The maximum Gasteiger partial charge on any atom is 0.222 e. The first kappa shape index (κ1) is 14.4. The number of hydrogen-bond acceptors (Lipinski definition) is 3. The molecular weight excluding hydrogens is 289 g/mol. The van der Waals surface area contributed by atoms with Crippen LogP contribution in [0.25, 0.3) is 0 Å². The van der Waals surface area contributed by atoms with E-state index < -0.39 is 10.8 Å². The van der Waals surface area contributed by atoms with Gasteiger partial charge in [-0.3, -0.25) is 4.21 Å². The highest BCUT2D eigenvalue weighted by Crippen LogP contribution is 2.39. The van der Waals surface area contributed by atoms with Gasteiger partial charge in [0.15, 0.2) is 0 Å². The molecule has 1 fully saturated rings. The number of nitrogens with zero attached hydrogens (tertiary/aromatic N) is 3. The molecule has 0 bridgehead atoms. The molecule has 0 unspecified atom stereocenters. The van der Waals surface area contributed by atoms with Crippen LogP contribution in [0.3, 0.4) is 0 Å². The van der Waals surface area contributed by atoms with Crippen LogP contribution >= 0.6 is 0 Å². The van der Waals surface area contributed by atoms with Gasteiger partial charge in [-0.25, -0.2) is 4.39 Å². The van der Waals surface area contributed by atoms with Crippen molar-refractivity contribution in [2.24, 2.45) is 7.05 Å². The summed E-state index contributed by atoms with van der Waals surface area (Å²) < 4.78 is 27.7. The van der Waals surface area contributed by atoms with Gasteiger partial charge < -0.3 is 4.57 Å². The van der Waals surface area contributed by atoms with E-state index in [2.05, 4.69) is 10.2 Å². The third-order valence-corrected chi connectivity index (χ3v) is 5.70. The molecule has 0 N–H and O–H groups in total. The quantitative estimate of drug-likeness (QED) is 0.853. The van der Waals surface area contributed by atoms with Crippen LogP contribution in [-0.2, 0) is 17.8 Å². The van der Waals surface area contributed by atoms with Gasteiger partial charge in [0.2, 0.25) is 5.16 Å². The molecule has 0 radical (unpaired) electrons. The molecule has 0 aliphatic heterocycles. The van der Waals surface area contributed by atoms with Crippen LogP contribution in [0.1, 0.15) is 48.7 Å². The fourth-order valence-electron chi connectivity index (χ4n) is 2.51. The molecule has 1 aliphatic rings. The van der Waals surface area contributed by atoms with Crippen LogP contribution in [0, 0.1) is 5.82 Å². The summed E-state index contributed by atoms with van der Waals surface area (Å²) in [6.45, 7) is 1.98. The molecule has 2 aromatic rings. The molecule has 4 nitrogen and oxygen atoms in total. The smallest absolute Gasteiger partial charge is 0.222 e. The molecule has 2 atom stereocenters. The lowest BCUT2D eigenvalue weighted by Crippen LogP contribution is -2.11. The van der Waals surface area contributed by atoms with Gasteiger partial charge in [0.1, 0.15) is 11.6 Å². The van der Waals surface area contributed by atoms with Crippen LogP contribution < -0.4 is 0 Å². The van der Waals surface area contributed by atoms with Crippen LogP contribution in [0.5, 0.6) is 0 Å². The maximum absolute atomic E-state index is 13.0. The molecule has 0 amide bonds. The van der Waals surface area contributed by atoms with E-state index in [0.29, 0.717) is 17.5 Å². The van der Waals surface area contributed by atoms with E-state index in [0.717, 1.165) is 24.2 Å². The molecule has 1 saturated carbocycles. The zero-order valence-corrected chi connectivity index (χ0v) is 12.9. The predicted octanol–water partition coefficient (Wildman–Crippen LogP) is 3.09. The molecule has 21 heavy (non-hydrogen) atoms. The maximum atomic E-state index is 13.0. The third kappa shape index (κ3) is 2.77. The van der Waals surface area contributed by atoms with E-state index in [1.165, 1.54) is 12.1 Å². The molecule has 1 aromatic heterocycles. The lowest BCUT2D eigenvalue weighted by Gasteiger charge is -2.14. The van der Waals surface area contributed by atoms with E-state index in [9.17, 15) is 8.60 Å². The second-order valence-corrected chi connectivity index (χ2v) is 6.95. The van der Waals surface area contributed by atoms with Crippen LogP contribution in [0.15, 0.2) is 29.4 Å². The molecule has 1 aromatic carbocycles. The average Bonchev–Trinajstić information content (AvgIpc) is 3.24. The molecule has 3 rings (SSSR count). The van der Waals surface area contributed by atoms with Crippen molar-refractivity contribution < 1.29 is 8.60 Å². The van der Waals surface area contributed by atoms with Gasteiger partial charge in [-0.2, -0.15) is 0 Å². The number of aromatic nitrogens is 3. The summed E-state index contributed by atoms with van der Waals surface area (Å²) in [7, 11) is 0.582. The topological polar surface area (TPSA) is 47.8 Å². The summed E-state index contributed by atoms with van der Waals surface area (Å²) in [6.07, 6.45) is 2.96. The Morgan fingerprint density at radius 3 is 2.57 bits per heavy atom. The van der Waals surface area contributed by atoms with Crippen LogP contribution in [-0.4, -0.2) is 19.0 Å². The monoisotopic (exact) mass is 307 g/mol. The third-order valence-electron chi connectivity index (χ3n) is 3.86. The summed E-state index contributed by atoms with van der Waals surface area (Å²) in [6, 6.07) is 6.20. The minimum Gasteiger partial charge on any atom is -0.307 e. The molecule has 1 aliphatic carbocycles. The Morgan fingerprint density at radius 1 is 1.33 bits per heavy atom. The Bertz CT molecular complexity index is 664. The number of hydrogen-bond donors (Lipinski definition) is 0. The Kier molecular flexibility index (Phi) is 3.89. The van der Waals surface area contributed by atoms with Crippen molar-refractivity contribution in [3.05, 3.63) is 41.5 Å². The lowest BCUT2D eigenvalue weighted by atomic mass is 10.1. The lowest BCUT2D eigenvalue weighted by molar-refractivity contribution is 0.625.